The van der Waals surface area contributed by atoms with E-state index in [1.165, 1.54) is 54.4 Å². The summed E-state index contributed by atoms with van der Waals surface area (Å²) in [7, 11) is 1.38. The van der Waals surface area contributed by atoms with Gasteiger partial charge in [0.25, 0.3) is 5.78 Å². The van der Waals surface area contributed by atoms with Gasteiger partial charge in [0.2, 0.25) is 5.13 Å². The number of halogens is 2. The lowest BCUT2D eigenvalue weighted by Crippen LogP contribution is -2.29. The van der Waals surface area contributed by atoms with Crippen LogP contribution in [0.1, 0.15) is 22.7 Å². The van der Waals surface area contributed by atoms with Crippen LogP contribution in [0.4, 0.5) is 5.13 Å². The number of methoxy groups -OCH3 is 1. The van der Waals surface area contributed by atoms with E-state index >= 15 is 0 Å². The third kappa shape index (κ3) is 5.24. The molecule has 0 radical (unpaired) electrons. The Bertz CT molecular complexity index is 1620. The number of phenols is 1. The number of thioether (sulfide) groups is 1. The van der Waals surface area contributed by atoms with E-state index < -0.39 is 17.7 Å². The van der Waals surface area contributed by atoms with E-state index in [9.17, 15) is 19.8 Å². The predicted octanol–water partition coefficient (Wildman–Crippen LogP) is 5.98. The number of benzene rings is 2. The Morgan fingerprint density at radius 3 is 2.64 bits per heavy atom. The molecule has 2 aromatic carbocycles. The lowest BCUT2D eigenvalue weighted by molar-refractivity contribution is -0.132. The van der Waals surface area contributed by atoms with Crippen molar-refractivity contribution in [3.8, 4) is 11.5 Å². The number of hydrogen-bond acceptors (Lipinski definition) is 10. The Balaban J connectivity index is 1.59. The van der Waals surface area contributed by atoms with Crippen molar-refractivity contribution in [2.24, 2.45) is 0 Å². The van der Waals surface area contributed by atoms with Crippen LogP contribution in [0, 0.1) is 0 Å². The highest BCUT2D eigenvalue weighted by Gasteiger charge is 2.48. The SMILES string of the molecule is COc1cc(C2/C(=C(\O)c3ccncc3)C(=O)C(=O)N2c2nnc(SCc3ccccc3Cl)s2)cc(Br)c1O. The number of nitrogens with zero attached hydrogens (tertiary/aromatic N) is 4. The summed E-state index contributed by atoms with van der Waals surface area (Å²) >= 11 is 12.1. The molecule has 4 aromatic rings. The molecule has 2 N–H and O–H groups in total. The van der Waals surface area contributed by atoms with E-state index in [-0.39, 0.29) is 32.4 Å². The Morgan fingerprint density at radius 2 is 1.92 bits per heavy atom. The molecular weight excluding hydrogens is 628 g/mol. The maximum absolute atomic E-state index is 13.4. The highest BCUT2D eigenvalue weighted by molar-refractivity contribution is 9.10. The molecule has 3 heterocycles. The lowest BCUT2D eigenvalue weighted by atomic mass is 9.95. The summed E-state index contributed by atoms with van der Waals surface area (Å²) in [5.41, 5.74) is 1.48. The van der Waals surface area contributed by atoms with Crippen LogP contribution in [0.25, 0.3) is 5.76 Å². The van der Waals surface area contributed by atoms with Crippen LogP contribution in [0.2, 0.25) is 5.02 Å². The van der Waals surface area contributed by atoms with Crippen molar-refractivity contribution in [1.29, 1.82) is 0 Å². The summed E-state index contributed by atoms with van der Waals surface area (Å²) in [6, 6.07) is 12.5. The van der Waals surface area contributed by atoms with Crippen LogP contribution in [0.5, 0.6) is 11.5 Å². The van der Waals surface area contributed by atoms with Crippen molar-refractivity contribution in [2.45, 2.75) is 16.1 Å². The van der Waals surface area contributed by atoms with Crippen molar-refractivity contribution in [2.75, 3.05) is 12.0 Å². The Hall–Kier alpha value is -3.45. The number of carbonyl (C=O) groups is 2. The zero-order chi connectivity index (χ0) is 27.7. The predicted molar refractivity (Wildman–Crippen MR) is 152 cm³/mol. The summed E-state index contributed by atoms with van der Waals surface area (Å²) in [5.74, 6) is -1.65. The number of rotatable bonds is 7. The van der Waals surface area contributed by atoms with Crippen LogP contribution >= 0.6 is 50.6 Å². The molecule has 1 saturated heterocycles. The molecule has 13 heteroatoms. The van der Waals surface area contributed by atoms with Gasteiger partial charge in [-0.25, -0.2) is 0 Å². The molecule has 2 aromatic heterocycles. The van der Waals surface area contributed by atoms with E-state index in [4.69, 9.17) is 16.3 Å². The molecule has 1 fully saturated rings. The number of amides is 1. The highest BCUT2D eigenvalue weighted by atomic mass is 79.9. The first-order valence-electron chi connectivity index (χ1n) is 11.3. The van der Waals surface area contributed by atoms with Gasteiger partial charge in [-0.15, -0.1) is 10.2 Å². The second kappa shape index (κ2) is 11.3. The van der Waals surface area contributed by atoms with Gasteiger partial charge in [-0.05, 0) is 57.4 Å². The van der Waals surface area contributed by atoms with E-state index in [2.05, 4.69) is 31.1 Å². The fourth-order valence-electron chi connectivity index (χ4n) is 4.03. The summed E-state index contributed by atoms with van der Waals surface area (Å²) in [6.07, 6.45) is 2.93. The van der Waals surface area contributed by atoms with Crippen molar-refractivity contribution in [3.63, 3.8) is 0 Å². The van der Waals surface area contributed by atoms with Gasteiger partial charge < -0.3 is 14.9 Å². The molecule has 0 spiro atoms. The smallest absolute Gasteiger partial charge is 0.301 e. The molecule has 1 amide bonds. The molecule has 1 aliphatic rings. The molecule has 1 aliphatic heterocycles. The molecule has 198 valence electrons. The first kappa shape index (κ1) is 27.1. The van der Waals surface area contributed by atoms with Gasteiger partial charge in [0, 0.05) is 28.7 Å². The zero-order valence-electron chi connectivity index (χ0n) is 20.0. The van der Waals surface area contributed by atoms with E-state index in [0.717, 1.165) is 16.9 Å². The second-order valence-electron chi connectivity index (χ2n) is 8.19. The van der Waals surface area contributed by atoms with Crippen molar-refractivity contribution < 1.29 is 24.5 Å². The average molecular weight is 646 g/mol. The van der Waals surface area contributed by atoms with Gasteiger partial charge in [0.15, 0.2) is 15.8 Å². The second-order valence-corrected chi connectivity index (χ2v) is 11.6. The van der Waals surface area contributed by atoms with Crippen LogP contribution in [-0.2, 0) is 15.3 Å². The van der Waals surface area contributed by atoms with Crippen molar-refractivity contribution >= 4 is 73.2 Å². The Morgan fingerprint density at radius 1 is 1.18 bits per heavy atom. The molecule has 1 atom stereocenters. The molecule has 0 bridgehead atoms. The molecule has 0 aliphatic carbocycles. The normalized spacial score (nSPS) is 16.6. The fourth-order valence-corrected chi connectivity index (χ4v) is 6.64. The third-order valence-corrected chi connectivity index (χ3v) is 8.97. The number of phenolic OH excluding ortho intramolecular Hbond substituents is 1. The van der Waals surface area contributed by atoms with Gasteiger partial charge in [0.05, 0.1) is 23.2 Å². The first-order valence-corrected chi connectivity index (χ1v) is 14.2. The Kier molecular flexibility index (Phi) is 7.89. The quantitative estimate of drug-likeness (QED) is 0.0821. The summed E-state index contributed by atoms with van der Waals surface area (Å²) in [6.45, 7) is 0. The molecule has 39 heavy (non-hydrogen) atoms. The number of hydrogen-bond donors (Lipinski definition) is 2. The monoisotopic (exact) mass is 644 g/mol. The van der Waals surface area contributed by atoms with Gasteiger partial charge in [0.1, 0.15) is 5.76 Å². The number of ether oxygens (including phenoxy) is 1. The fraction of sp³-hybridized carbons (Fsp3) is 0.115. The minimum atomic E-state index is -1.08. The number of pyridine rings is 1. The van der Waals surface area contributed by atoms with Crippen LogP contribution in [0.15, 0.2) is 75.3 Å². The maximum atomic E-state index is 13.4. The lowest BCUT2D eigenvalue weighted by Gasteiger charge is -2.23. The van der Waals surface area contributed by atoms with Crippen molar-refractivity contribution in [3.05, 3.63) is 92.7 Å². The van der Waals surface area contributed by atoms with Gasteiger partial charge >= 0.3 is 5.91 Å². The summed E-state index contributed by atoms with van der Waals surface area (Å²) < 4.78 is 6.13. The molecule has 9 nitrogen and oxygen atoms in total. The summed E-state index contributed by atoms with van der Waals surface area (Å²) in [5, 5.41) is 30.8. The number of carbonyl (C=O) groups excluding carboxylic acids is 2. The Labute approximate surface area is 244 Å². The van der Waals surface area contributed by atoms with Crippen LogP contribution in [0.3, 0.4) is 0 Å². The van der Waals surface area contributed by atoms with Crippen LogP contribution in [-0.4, -0.2) is 44.2 Å². The molecule has 1 unspecified atom stereocenters. The number of anilines is 1. The summed E-state index contributed by atoms with van der Waals surface area (Å²) in [4.78, 5) is 31.9. The number of aromatic nitrogens is 3. The maximum Gasteiger partial charge on any atom is 0.301 e. The number of ketones is 1. The number of aliphatic hydroxyl groups is 1. The highest BCUT2D eigenvalue weighted by Crippen LogP contribution is 2.47. The van der Waals surface area contributed by atoms with Gasteiger partial charge in [-0.2, -0.15) is 0 Å². The average Bonchev–Trinajstić information content (AvgIpc) is 3.51. The first-order chi connectivity index (χ1) is 18.8. The standard InChI is InChI=1S/C26H18BrClN4O5S2/c1-37-18-11-15(10-16(27)22(18)34)20-19(21(33)13-6-8-29-9-7-13)23(35)24(36)32(20)25-30-31-26(39-25)38-12-14-4-2-3-5-17(14)28/h2-11,20,33-34H,12H2,1H3/b21-19+. The molecule has 0 saturated carbocycles. The van der Waals surface area contributed by atoms with Gasteiger partial charge in [-0.3, -0.25) is 19.5 Å². The molecule has 5 rings (SSSR count). The number of aliphatic hydroxyl groups excluding tert-OH is 1. The number of aromatic hydroxyl groups is 1. The van der Waals surface area contributed by atoms with Crippen molar-refractivity contribution in [1.82, 2.24) is 15.2 Å². The van der Waals surface area contributed by atoms with E-state index in [1.807, 2.05) is 18.2 Å². The third-order valence-electron chi connectivity index (χ3n) is 5.90. The van der Waals surface area contributed by atoms with Gasteiger partial charge in [-0.1, -0.05) is 52.9 Å². The largest absolute Gasteiger partial charge is 0.507 e. The van der Waals surface area contributed by atoms with E-state index in [0.29, 0.717) is 26.2 Å². The minimum Gasteiger partial charge on any atom is -0.507 e. The molecular formula is C26H18BrClN4O5S2. The van der Waals surface area contributed by atoms with Crippen LogP contribution < -0.4 is 9.64 Å². The number of Topliss-reactive ketones (excluding diaryl/α,β-unsaturated/α-hetero) is 1. The topological polar surface area (TPSA) is 126 Å². The van der Waals surface area contributed by atoms with E-state index in [1.54, 1.807) is 12.1 Å². The zero-order valence-corrected chi connectivity index (χ0v) is 24.0. The minimum absolute atomic E-state index is 0.113.